The Morgan fingerprint density at radius 1 is 1.33 bits per heavy atom. The summed E-state index contributed by atoms with van der Waals surface area (Å²) in [5.74, 6) is 0. The lowest BCUT2D eigenvalue weighted by Gasteiger charge is -2.24. The van der Waals surface area contributed by atoms with Crippen LogP contribution in [0.2, 0.25) is 0 Å². The van der Waals surface area contributed by atoms with E-state index in [9.17, 15) is 0 Å². The third-order valence-electron chi connectivity index (χ3n) is 3.31. The second-order valence-electron chi connectivity index (χ2n) is 4.28. The molecule has 0 aliphatic carbocycles. The Hall–Kier alpha value is -0.0800. The molecule has 0 aromatic heterocycles. The van der Waals surface area contributed by atoms with Crippen molar-refractivity contribution in [3.63, 3.8) is 0 Å². The molecule has 0 radical (unpaired) electrons. The molecule has 2 aliphatic rings. The van der Waals surface area contributed by atoms with Gasteiger partial charge in [0, 0.05) is 18.6 Å². The van der Waals surface area contributed by atoms with E-state index in [0.717, 1.165) is 12.1 Å². The van der Waals surface area contributed by atoms with Crippen molar-refractivity contribution < 1.29 is 0 Å². The van der Waals surface area contributed by atoms with Crippen LogP contribution in [-0.4, -0.2) is 36.6 Å². The van der Waals surface area contributed by atoms with Crippen molar-refractivity contribution in [2.75, 3.05) is 19.6 Å². The number of rotatable bonds is 2. The first-order chi connectivity index (χ1) is 5.86. The third-order valence-corrected chi connectivity index (χ3v) is 3.31. The van der Waals surface area contributed by atoms with E-state index in [2.05, 4.69) is 17.1 Å². The van der Waals surface area contributed by atoms with Crippen molar-refractivity contribution in [1.82, 2.24) is 10.2 Å². The van der Waals surface area contributed by atoms with E-state index in [1.54, 1.807) is 0 Å². The molecule has 2 aliphatic heterocycles. The molecule has 2 heterocycles. The number of hydrogen-bond acceptors (Lipinski definition) is 2. The van der Waals surface area contributed by atoms with E-state index < -0.39 is 0 Å². The molecule has 0 aromatic carbocycles. The van der Waals surface area contributed by atoms with E-state index in [1.165, 1.54) is 45.3 Å². The SMILES string of the molecule is CC1CCCN1C[C@H]1CCCN1. The van der Waals surface area contributed by atoms with E-state index in [4.69, 9.17) is 0 Å². The molecule has 2 nitrogen and oxygen atoms in total. The first-order valence-corrected chi connectivity index (χ1v) is 5.33. The summed E-state index contributed by atoms with van der Waals surface area (Å²) >= 11 is 0. The molecule has 2 fully saturated rings. The van der Waals surface area contributed by atoms with E-state index in [0.29, 0.717) is 0 Å². The molecule has 70 valence electrons. The van der Waals surface area contributed by atoms with Gasteiger partial charge < -0.3 is 5.32 Å². The van der Waals surface area contributed by atoms with Gasteiger partial charge in [-0.25, -0.2) is 0 Å². The predicted molar refractivity (Wildman–Crippen MR) is 51.3 cm³/mol. The van der Waals surface area contributed by atoms with Crippen molar-refractivity contribution in [3.8, 4) is 0 Å². The first kappa shape index (κ1) is 8.52. The lowest BCUT2D eigenvalue weighted by Crippen LogP contribution is -2.39. The van der Waals surface area contributed by atoms with Crippen molar-refractivity contribution in [2.45, 2.75) is 44.7 Å². The maximum absolute atomic E-state index is 3.56. The molecule has 0 amide bonds. The average Bonchev–Trinajstić information content (AvgIpc) is 2.65. The third kappa shape index (κ3) is 1.80. The summed E-state index contributed by atoms with van der Waals surface area (Å²) < 4.78 is 0. The molecule has 2 atom stereocenters. The fourth-order valence-electron chi connectivity index (χ4n) is 2.46. The van der Waals surface area contributed by atoms with Gasteiger partial charge in [0.15, 0.2) is 0 Å². The van der Waals surface area contributed by atoms with Crippen LogP contribution in [0, 0.1) is 0 Å². The van der Waals surface area contributed by atoms with Gasteiger partial charge in [-0.3, -0.25) is 4.90 Å². The van der Waals surface area contributed by atoms with Gasteiger partial charge in [0.25, 0.3) is 0 Å². The van der Waals surface area contributed by atoms with Crippen LogP contribution in [-0.2, 0) is 0 Å². The topological polar surface area (TPSA) is 15.3 Å². The van der Waals surface area contributed by atoms with Gasteiger partial charge in [0.2, 0.25) is 0 Å². The number of likely N-dealkylation sites (tertiary alicyclic amines) is 1. The maximum atomic E-state index is 3.56. The van der Waals surface area contributed by atoms with Gasteiger partial charge in [-0.2, -0.15) is 0 Å². The summed E-state index contributed by atoms with van der Waals surface area (Å²) in [7, 11) is 0. The quantitative estimate of drug-likeness (QED) is 0.667. The van der Waals surface area contributed by atoms with Crippen molar-refractivity contribution in [1.29, 1.82) is 0 Å². The second kappa shape index (κ2) is 3.75. The second-order valence-corrected chi connectivity index (χ2v) is 4.28. The molecule has 2 heteroatoms. The highest BCUT2D eigenvalue weighted by atomic mass is 15.2. The zero-order chi connectivity index (χ0) is 8.39. The summed E-state index contributed by atoms with van der Waals surface area (Å²) in [6, 6.07) is 1.64. The van der Waals surface area contributed by atoms with Gasteiger partial charge in [-0.05, 0) is 45.7 Å². The molecular weight excluding hydrogens is 148 g/mol. The molecule has 12 heavy (non-hydrogen) atoms. The van der Waals surface area contributed by atoms with Gasteiger partial charge in [-0.15, -0.1) is 0 Å². The Kier molecular flexibility index (Phi) is 2.66. The molecule has 0 spiro atoms. The molecule has 2 rings (SSSR count). The van der Waals surface area contributed by atoms with E-state index in [1.807, 2.05) is 0 Å². The Morgan fingerprint density at radius 3 is 2.83 bits per heavy atom. The zero-order valence-electron chi connectivity index (χ0n) is 8.05. The van der Waals surface area contributed by atoms with Gasteiger partial charge in [-0.1, -0.05) is 0 Å². The Labute approximate surface area is 75.3 Å². The van der Waals surface area contributed by atoms with Crippen LogP contribution >= 0.6 is 0 Å². The van der Waals surface area contributed by atoms with Crippen LogP contribution in [0.15, 0.2) is 0 Å². The standard InChI is InChI=1S/C10H20N2/c1-9-4-3-7-12(9)8-10-5-2-6-11-10/h9-11H,2-8H2,1H3/t9?,10-/m1/s1. The minimum Gasteiger partial charge on any atom is -0.313 e. The average molecular weight is 168 g/mol. The van der Waals surface area contributed by atoms with Crippen molar-refractivity contribution in [2.24, 2.45) is 0 Å². The van der Waals surface area contributed by atoms with Crippen LogP contribution in [0.4, 0.5) is 0 Å². The summed E-state index contributed by atoms with van der Waals surface area (Å²) in [4.78, 5) is 2.64. The van der Waals surface area contributed by atoms with E-state index >= 15 is 0 Å². The molecule has 0 bridgehead atoms. The van der Waals surface area contributed by atoms with Crippen LogP contribution in [0.1, 0.15) is 32.6 Å². The summed E-state index contributed by atoms with van der Waals surface area (Å²) in [6.45, 7) is 6.23. The number of nitrogens with zero attached hydrogens (tertiary/aromatic N) is 1. The van der Waals surface area contributed by atoms with Crippen molar-refractivity contribution in [3.05, 3.63) is 0 Å². The summed E-state index contributed by atoms with van der Waals surface area (Å²) in [5.41, 5.74) is 0. The highest BCUT2D eigenvalue weighted by Gasteiger charge is 2.24. The van der Waals surface area contributed by atoms with Gasteiger partial charge >= 0.3 is 0 Å². The fourth-order valence-corrected chi connectivity index (χ4v) is 2.46. The zero-order valence-corrected chi connectivity index (χ0v) is 8.05. The monoisotopic (exact) mass is 168 g/mol. The molecular formula is C10H20N2. The molecule has 0 saturated carbocycles. The molecule has 1 unspecified atom stereocenters. The largest absolute Gasteiger partial charge is 0.313 e. The smallest absolute Gasteiger partial charge is 0.0195 e. The lowest BCUT2D eigenvalue weighted by molar-refractivity contribution is 0.244. The molecule has 0 aromatic rings. The van der Waals surface area contributed by atoms with Crippen LogP contribution in [0.25, 0.3) is 0 Å². The van der Waals surface area contributed by atoms with Crippen LogP contribution < -0.4 is 5.32 Å². The van der Waals surface area contributed by atoms with Crippen LogP contribution in [0.3, 0.4) is 0 Å². The lowest BCUT2D eigenvalue weighted by atomic mass is 10.2. The van der Waals surface area contributed by atoms with E-state index in [-0.39, 0.29) is 0 Å². The first-order valence-electron chi connectivity index (χ1n) is 5.33. The van der Waals surface area contributed by atoms with Crippen LogP contribution in [0.5, 0.6) is 0 Å². The highest BCUT2D eigenvalue weighted by Crippen LogP contribution is 2.18. The fraction of sp³-hybridized carbons (Fsp3) is 1.00. The minimum absolute atomic E-state index is 0.797. The van der Waals surface area contributed by atoms with Gasteiger partial charge in [0.05, 0.1) is 0 Å². The molecule has 2 saturated heterocycles. The summed E-state index contributed by atoms with van der Waals surface area (Å²) in [5, 5.41) is 3.56. The van der Waals surface area contributed by atoms with Gasteiger partial charge in [0.1, 0.15) is 0 Å². The van der Waals surface area contributed by atoms with Crippen molar-refractivity contribution >= 4 is 0 Å². The Bertz CT molecular complexity index is 141. The summed E-state index contributed by atoms with van der Waals surface area (Å²) in [6.07, 6.45) is 5.59. The Morgan fingerprint density at radius 2 is 2.25 bits per heavy atom. The Balaban J connectivity index is 1.77. The number of hydrogen-bond donors (Lipinski definition) is 1. The maximum Gasteiger partial charge on any atom is 0.0195 e. The minimum atomic E-state index is 0.797. The molecule has 1 N–H and O–H groups in total. The normalized spacial score (nSPS) is 37.8. The predicted octanol–water partition coefficient (Wildman–Crippen LogP) is 1.22. The number of nitrogens with one attached hydrogen (secondary N) is 1. The highest BCUT2D eigenvalue weighted by molar-refractivity contribution is 4.83.